The highest BCUT2D eigenvalue weighted by Crippen LogP contribution is 2.22. The molecular formula is C14H23N. The highest BCUT2D eigenvalue weighted by Gasteiger charge is 2.19. The highest BCUT2D eigenvalue weighted by atomic mass is 15.1. The van der Waals surface area contributed by atoms with E-state index in [2.05, 4.69) is 30.7 Å². The van der Waals surface area contributed by atoms with Gasteiger partial charge in [-0.3, -0.25) is 0 Å². The highest BCUT2D eigenvalue weighted by molar-refractivity contribution is 5.27. The first kappa shape index (κ1) is 12.3. The van der Waals surface area contributed by atoms with Gasteiger partial charge in [0.2, 0.25) is 0 Å². The largest absolute Gasteiger partial charge is 0.300 e. The van der Waals surface area contributed by atoms with E-state index in [4.69, 9.17) is 6.42 Å². The fourth-order valence-corrected chi connectivity index (χ4v) is 2.33. The first-order chi connectivity index (χ1) is 7.31. The zero-order chi connectivity index (χ0) is 11.1. The van der Waals surface area contributed by atoms with Crippen molar-refractivity contribution in [2.75, 3.05) is 13.1 Å². The van der Waals surface area contributed by atoms with Crippen molar-refractivity contribution in [2.24, 2.45) is 0 Å². The minimum atomic E-state index is 0.738. The van der Waals surface area contributed by atoms with Crippen molar-refractivity contribution >= 4 is 0 Å². The van der Waals surface area contributed by atoms with Gasteiger partial charge in [-0.1, -0.05) is 25.8 Å². The van der Waals surface area contributed by atoms with Crippen LogP contribution in [0.4, 0.5) is 0 Å². The van der Waals surface area contributed by atoms with Crippen molar-refractivity contribution in [3.8, 4) is 12.3 Å². The molecule has 0 fully saturated rings. The maximum Gasteiger partial charge on any atom is 0.0134 e. The molecule has 1 heteroatoms. The summed E-state index contributed by atoms with van der Waals surface area (Å²) in [7, 11) is 0. The first-order valence-corrected chi connectivity index (χ1v) is 6.21. The Morgan fingerprint density at radius 3 is 2.47 bits per heavy atom. The molecule has 1 aliphatic carbocycles. The van der Waals surface area contributed by atoms with Crippen LogP contribution in [0.3, 0.4) is 0 Å². The zero-order valence-corrected chi connectivity index (χ0v) is 10.1. The molecule has 0 amide bonds. The molecule has 0 bridgehead atoms. The van der Waals surface area contributed by atoms with E-state index in [0.29, 0.717) is 0 Å². The van der Waals surface area contributed by atoms with Crippen LogP contribution in [0.1, 0.15) is 46.0 Å². The third-order valence-corrected chi connectivity index (χ3v) is 3.11. The molecule has 0 aromatic heterocycles. The van der Waals surface area contributed by atoms with E-state index in [0.717, 1.165) is 18.9 Å². The van der Waals surface area contributed by atoms with Gasteiger partial charge in [0, 0.05) is 6.04 Å². The number of allylic oxidation sites excluding steroid dienone is 1. The summed E-state index contributed by atoms with van der Waals surface area (Å²) in [6, 6.07) is 0.738. The SMILES string of the molecule is C#CC1=CC[C@@H](N(CCC)CCC)CC1. The Morgan fingerprint density at radius 1 is 1.40 bits per heavy atom. The lowest BCUT2D eigenvalue weighted by Crippen LogP contribution is -2.37. The van der Waals surface area contributed by atoms with Crippen molar-refractivity contribution in [1.82, 2.24) is 4.90 Å². The second-order valence-electron chi connectivity index (χ2n) is 4.34. The van der Waals surface area contributed by atoms with Gasteiger partial charge in [-0.15, -0.1) is 6.42 Å². The van der Waals surface area contributed by atoms with Crippen molar-refractivity contribution in [3.63, 3.8) is 0 Å². The van der Waals surface area contributed by atoms with Crippen LogP contribution in [0.25, 0.3) is 0 Å². The minimum absolute atomic E-state index is 0.738. The van der Waals surface area contributed by atoms with Gasteiger partial charge >= 0.3 is 0 Å². The van der Waals surface area contributed by atoms with Crippen LogP contribution < -0.4 is 0 Å². The van der Waals surface area contributed by atoms with Crippen molar-refractivity contribution in [3.05, 3.63) is 11.6 Å². The van der Waals surface area contributed by atoms with E-state index in [-0.39, 0.29) is 0 Å². The lowest BCUT2D eigenvalue weighted by atomic mass is 9.94. The van der Waals surface area contributed by atoms with Crippen LogP contribution in [0.15, 0.2) is 11.6 Å². The van der Waals surface area contributed by atoms with Crippen LogP contribution in [0, 0.1) is 12.3 Å². The quantitative estimate of drug-likeness (QED) is 0.623. The second kappa shape index (κ2) is 6.69. The van der Waals surface area contributed by atoms with Gasteiger partial charge in [-0.25, -0.2) is 0 Å². The molecule has 0 heterocycles. The third-order valence-electron chi connectivity index (χ3n) is 3.11. The lowest BCUT2D eigenvalue weighted by Gasteiger charge is -2.32. The first-order valence-electron chi connectivity index (χ1n) is 6.21. The summed E-state index contributed by atoms with van der Waals surface area (Å²) in [6.45, 7) is 6.98. The van der Waals surface area contributed by atoms with Gasteiger partial charge in [-0.2, -0.15) is 0 Å². The van der Waals surface area contributed by atoms with Crippen molar-refractivity contribution in [2.45, 2.75) is 52.0 Å². The van der Waals surface area contributed by atoms with E-state index in [1.54, 1.807) is 0 Å². The summed E-state index contributed by atoms with van der Waals surface area (Å²) in [4.78, 5) is 2.63. The number of nitrogens with zero attached hydrogens (tertiary/aromatic N) is 1. The molecule has 0 aromatic carbocycles. The molecule has 1 aliphatic rings. The topological polar surface area (TPSA) is 3.24 Å². The molecule has 15 heavy (non-hydrogen) atoms. The molecular weight excluding hydrogens is 182 g/mol. The standard InChI is InChI=1S/C14H23N/c1-4-11-15(12-5-2)14-9-7-13(6-3)8-10-14/h3,7,14H,4-5,8-12H2,1-2H3/t14-/m1/s1. The molecule has 1 rings (SSSR count). The Kier molecular flexibility index (Phi) is 5.50. The van der Waals surface area contributed by atoms with Crippen molar-refractivity contribution in [1.29, 1.82) is 0 Å². The lowest BCUT2D eigenvalue weighted by molar-refractivity contribution is 0.184. The van der Waals surface area contributed by atoms with E-state index >= 15 is 0 Å². The van der Waals surface area contributed by atoms with E-state index in [1.165, 1.54) is 37.9 Å². The predicted molar refractivity (Wildman–Crippen MR) is 66.7 cm³/mol. The predicted octanol–water partition coefficient (Wildman–Crippen LogP) is 3.22. The van der Waals surface area contributed by atoms with Crippen LogP contribution in [-0.2, 0) is 0 Å². The molecule has 1 nitrogen and oxygen atoms in total. The molecule has 1 atom stereocenters. The minimum Gasteiger partial charge on any atom is -0.300 e. The van der Waals surface area contributed by atoms with Crippen LogP contribution in [-0.4, -0.2) is 24.0 Å². The summed E-state index contributed by atoms with van der Waals surface area (Å²) in [5, 5.41) is 0. The number of terminal acetylenes is 1. The van der Waals surface area contributed by atoms with E-state index < -0.39 is 0 Å². The molecule has 0 radical (unpaired) electrons. The summed E-state index contributed by atoms with van der Waals surface area (Å²) in [5.74, 6) is 2.77. The molecule has 0 aliphatic heterocycles. The van der Waals surface area contributed by atoms with Gasteiger partial charge in [0.25, 0.3) is 0 Å². The molecule has 0 N–H and O–H groups in total. The average molecular weight is 205 g/mol. The maximum absolute atomic E-state index is 5.41. The van der Waals surface area contributed by atoms with Gasteiger partial charge < -0.3 is 4.90 Å². The number of rotatable bonds is 5. The van der Waals surface area contributed by atoms with Crippen LogP contribution in [0.5, 0.6) is 0 Å². The van der Waals surface area contributed by atoms with Gasteiger partial charge in [0.15, 0.2) is 0 Å². The Morgan fingerprint density at radius 2 is 2.07 bits per heavy atom. The molecule has 0 spiro atoms. The van der Waals surface area contributed by atoms with Crippen LogP contribution in [0.2, 0.25) is 0 Å². The number of hydrogen-bond donors (Lipinski definition) is 0. The summed E-state index contributed by atoms with van der Waals surface area (Å²) >= 11 is 0. The second-order valence-corrected chi connectivity index (χ2v) is 4.34. The van der Waals surface area contributed by atoms with Crippen LogP contribution >= 0.6 is 0 Å². The van der Waals surface area contributed by atoms with E-state index in [9.17, 15) is 0 Å². The Labute approximate surface area is 94.5 Å². The normalized spacial score (nSPS) is 21.2. The van der Waals surface area contributed by atoms with Crippen molar-refractivity contribution < 1.29 is 0 Å². The molecule has 0 saturated carbocycles. The number of hydrogen-bond acceptors (Lipinski definition) is 1. The summed E-state index contributed by atoms with van der Waals surface area (Å²) in [5.41, 5.74) is 1.21. The fourth-order valence-electron chi connectivity index (χ4n) is 2.33. The van der Waals surface area contributed by atoms with Gasteiger partial charge in [0.1, 0.15) is 0 Å². The Balaban J connectivity index is 2.49. The average Bonchev–Trinajstić information content (AvgIpc) is 2.29. The van der Waals surface area contributed by atoms with Gasteiger partial charge in [-0.05, 0) is 50.8 Å². The summed E-state index contributed by atoms with van der Waals surface area (Å²) < 4.78 is 0. The molecule has 84 valence electrons. The fraction of sp³-hybridized carbons (Fsp3) is 0.714. The molecule has 0 unspecified atom stereocenters. The molecule has 0 aromatic rings. The zero-order valence-electron chi connectivity index (χ0n) is 10.1. The van der Waals surface area contributed by atoms with Gasteiger partial charge in [0.05, 0.1) is 0 Å². The maximum atomic E-state index is 5.41. The molecule has 0 saturated heterocycles. The smallest absolute Gasteiger partial charge is 0.0134 e. The monoisotopic (exact) mass is 205 g/mol. The summed E-state index contributed by atoms with van der Waals surface area (Å²) in [6.07, 6.45) is 13.7. The Bertz CT molecular complexity index is 241. The third kappa shape index (κ3) is 3.72. The Hall–Kier alpha value is -0.740. The van der Waals surface area contributed by atoms with E-state index in [1.807, 2.05) is 0 Å².